The van der Waals surface area contributed by atoms with E-state index in [9.17, 15) is 9.59 Å². The van der Waals surface area contributed by atoms with Crippen LogP contribution in [0, 0.1) is 0 Å². The standard InChI is InChI=1S/C15H20N2O2/c1-3-10-6-5-7-11(4-2)13(10)17-15(19)14(18)16-12-8-9-12/h5-7,12H,3-4,8-9H2,1-2H3,(H,16,18)(H,17,19). The first-order valence-corrected chi connectivity index (χ1v) is 6.88. The molecule has 0 unspecified atom stereocenters. The summed E-state index contributed by atoms with van der Waals surface area (Å²) in [6, 6.07) is 6.14. The van der Waals surface area contributed by atoms with Crippen LogP contribution in [0.5, 0.6) is 0 Å². The Morgan fingerprint density at radius 1 is 1.11 bits per heavy atom. The van der Waals surface area contributed by atoms with Gasteiger partial charge in [0.25, 0.3) is 0 Å². The topological polar surface area (TPSA) is 58.2 Å². The number of carbonyl (C=O) groups excluding carboxylic acids is 2. The van der Waals surface area contributed by atoms with Crippen molar-refractivity contribution in [2.75, 3.05) is 5.32 Å². The molecule has 1 aromatic carbocycles. The third-order valence-corrected chi connectivity index (χ3v) is 3.36. The first kappa shape index (κ1) is 13.6. The van der Waals surface area contributed by atoms with Gasteiger partial charge in [-0.1, -0.05) is 32.0 Å². The molecule has 1 aromatic rings. The van der Waals surface area contributed by atoms with Crippen molar-refractivity contribution in [3.8, 4) is 0 Å². The first-order chi connectivity index (χ1) is 9.15. The van der Waals surface area contributed by atoms with E-state index in [-0.39, 0.29) is 6.04 Å². The molecule has 102 valence electrons. The molecule has 0 aliphatic heterocycles. The SMILES string of the molecule is CCc1cccc(CC)c1NC(=O)C(=O)NC1CC1. The zero-order chi connectivity index (χ0) is 13.8. The highest BCUT2D eigenvalue weighted by atomic mass is 16.2. The number of aryl methyl sites for hydroxylation is 2. The van der Waals surface area contributed by atoms with E-state index in [4.69, 9.17) is 0 Å². The summed E-state index contributed by atoms with van der Waals surface area (Å²) >= 11 is 0. The van der Waals surface area contributed by atoms with E-state index in [1.807, 2.05) is 32.0 Å². The van der Waals surface area contributed by atoms with Gasteiger partial charge in [0.1, 0.15) is 0 Å². The minimum atomic E-state index is -0.567. The smallest absolute Gasteiger partial charge is 0.313 e. The molecule has 1 aliphatic carbocycles. The number of hydrogen-bond acceptors (Lipinski definition) is 2. The van der Waals surface area contributed by atoms with Gasteiger partial charge in [0.05, 0.1) is 0 Å². The van der Waals surface area contributed by atoms with Gasteiger partial charge in [-0.05, 0) is 36.8 Å². The van der Waals surface area contributed by atoms with E-state index in [1.165, 1.54) is 0 Å². The van der Waals surface area contributed by atoms with E-state index < -0.39 is 11.8 Å². The Morgan fingerprint density at radius 3 is 2.16 bits per heavy atom. The van der Waals surface area contributed by atoms with Crippen molar-refractivity contribution in [2.24, 2.45) is 0 Å². The molecule has 1 saturated carbocycles. The van der Waals surface area contributed by atoms with Crippen LogP contribution in [0.2, 0.25) is 0 Å². The lowest BCUT2D eigenvalue weighted by molar-refractivity contribution is -0.136. The van der Waals surface area contributed by atoms with E-state index in [0.29, 0.717) is 0 Å². The molecular weight excluding hydrogens is 240 g/mol. The van der Waals surface area contributed by atoms with Gasteiger partial charge in [-0.25, -0.2) is 0 Å². The minimum absolute atomic E-state index is 0.199. The van der Waals surface area contributed by atoms with Gasteiger partial charge in [0.15, 0.2) is 0 Å². The Bertz CT molecular complexity index is 471. The Balaban J connectivity index is 2.12. The molecule has 1 aliphatic rings. The van der Waals surface area contributed by atoms with Crippen molar-refractivity contribution in [1.82, 2.24) is 5.32 Å². The summed E-state index contributed by atoms with van der Waals surface area (Å²) in [5.41, 5.74) is 2.92. The molecule has 4 nitrogen and oxygen atoms in total. The number of para-hydroxylation sites is 1. The van der Waals surface area contributed by atoms with E-state index in [0.717, 1.165) is 42.5 Å². The highest BCUT2D eigenvalue weighted by molar-refractivity contribution is 6.39. The van der Waals surface area contributed by atoms with Crippen LogP contribution in [0.1, 0.15) is 37.8 Å². The van der Waals surface area contributed by atoms with Gasteiger partial charge in [0.2, 0.25) is 0 Å². The fourth-order valence-electron chi connectivity index (χ4n) is 2.05. The third-order valence-electron chi connectivity index (χ3n) is 3.36. The predicted octanol–water partition coefficient (Wildman–Crippen LogP) is 2.03. The lowest BCUT2D eigenvalue weighted by Gasteiger charge is -2.14. The second kappa shape index (κ2) is 5.87. The maximum Gasteiger partial charge on any atom is 0.313 e. The number of benzene rings is 1. The first-order valence-electron chi connectivity index (χ1n) is 6.88. The van der Waals surface area contributed by atoms with Crippen molar-refractivity contribution in [1.29, 1.82) is 0 Å². The van der Waals surface area contributed by atoms with Crippen molar-refractivity contribution in [3.05, 3.63) is 29.3 Å². The summed E-state index contributed by atoms with van der Waals surface area (Å²) in [5, 5.41) is 5.46. The monoisotopic (exact) mass is 260 g/mol. The highest BCUT2D eigenvalue weighted by Gasteiger charge is 2.26. The third kappa shape index (κ3) is 3.34. The molecule has 0 spiro atoms. The quantitative estimate of drug-likeness (QED) is 0.814. The molecule has 2 amide bonds. The molecule has 0 heterocycles. The van der Waals surface area contributed by atoms with Crippen LogP contribution in [-0.4, -0.2) is 17.9 Å². The summed E-state index contributed by atoms with van der Waals surface area (Å²) in [7, 11) is 0. The minimum Gasteiger partial charge on any atom is -0.345 e. The summed E-state index contributed by atoms with van der Waals surface area (Å²) in [6.07, 6.45) is 3.61. The molecule has 0 aromatic heterocycles. The van der Waals surface area contributed by atoms with E-state index in [1.54, 1.807) is 0 Å². The Labute approximate surface area is 113 Å². The van der Waals surface area contributed by atoms with Crippen LogP contribution in [0.4, 0.5) is 5.69 Å². The fraction of sp³-hybridized carbons (Fsp3) is 0.467. The van der Waals surface area contributed by atoms with Crippen LogP contribution in [-0.2, 0) is 22.4 Å². The Kier molecular flexibility index (Phi) is 4.20. The maximum absolute atomic E-state index is 11.9. The van der Waals surface area contributed by atoms with Crippen molar-refractivity contribution in [3.63, 3.8) is 0 Å². The number of anilines is 1. The largest absolute Gasteiger partial charge is 0.345 e. The number of amides is 2. The normalized spacial score (nSPS) is 14.0. The Hall–Kier alpha value is -1.84. The molecule has 0 saturated heterocycles. The van der Waals surface area contributed by atoms with Gasteiger partial charge >= 0.3 is 11.8 Å². The van der Waals surface area contributed by atoms with Crippen LogP contribution in [0.3, 0.4) is 0 Å². The summed E-state index contributed by atoms with van der Waals surface area (Å²) in [6.45, 7) is 4.07. The van der Waals surface area contributed by atoms with Crippen LogP contribution in [0.15, 0.2) is 18.2 Å². The van der Waals surface area contributed by atoms with E-state index in [2.05, 4.69) is 10.6 Å². The van der Waals surface area contributed by atoms with Gasteiger partial charge < -0.3 is 10.6 Å². The summed E-state index contributed by atoms with van der Waals surface area (Å²) < 4.78 is 0. The van der Waals surface area contributed by atoms with E-state index >= 15 is 0 Å². The predicted molar refractivity (Wildman–Crippen MR) is 75.0 cm³/mol. The molecule has 1 fully saturated rings. The van der Waals surface area contributed by atoms with Gasteiger partial charge in [0, 0.05) is 11.7 Å². The number of hydrogen-bond donors (Lipinski definition) is 2. The zero-order valence-corrected chi connectivity index (χ0v) is 11.5. The second-order valence-corrected chi connectivity index (χ2v) is 4.86. The molecule has 2 rings (SSSR count). The van der Waals surface area contributed by atoms with Crippen LogP contribution in [0.25, 0.3) is 0 Å². The summed E-state index contributed by atoms with van der Waals surface area (Å²) in [4.78, 5) is 23.6. The lowest BCUT2D eigenvalue weighted by Crippen LogP contribution is -2.37. The van der Waals surface area contributed by atoms with Crippen molar-refractivity contribution in [2.45, 2.75) is 45.6 Å². The van der Waals surface area contributed by atoms with Gasteiger partial charge in [-0.2, -0.15) is 0 Å². The summed E-state index contributed by atoms with van der Waals surface area (Å²) in [5.74, 6) is -1.10. The van der Waals surface area contributed by atoms with Gasteiger partial charge in [-0.15, -0.1) is 0 Å². The molecule has 2 N–H and O–H groups in total. The van der Waals surface area contributed by atoms with Crippen molar-refractivity contribution >= 4 is 17.5 Å². The zero-order valence-electron chi connectivity index (χ0n) is 11.5. The molecule has 0 bridgehead atoms. The average Bonchev–Trinajstić information content (AvgIpc) is 3.22. The molecule has 4 heteroatoms. The fourth-order valence-corrected chi connectivity index (χ4v) is 2.05. The van der Waals surface area contributed by atoms with Crippen molar-refractivity contribution < 1.29 is 9.59 Å². The average molecular weight is 260 g/mol. The highest BCUT2D eigenvalue weighted by Crippen LogP contribution is 2.23. The van der Waals surface area contributed by atoms with Gasteiger partial charge in [-0.3, -0.25) is 9.59 Å². The second-order valence-electron chi connectivity index (χ2n) is 4.86. The lowest BCUT2D eigenvalue weighted by atomic mass is 10.0. The number of rotatable bonds is 4. The number of nitrogens with one attached hydrogen (secondary N) is 2. The molecule has 19 heavy (non-hydrogen) atoms. The van der Waals surface area contributed by atoms with Crippen LogP contribution >= 0.6 is 0 Å². The maximum atomic E-state index is 11.9. The molecular formula is C15H20N2O2. The molecule has 0 atom stereocenters. The Morgan fingerprint density at radius 2 is 1.68 bits per heavy atom. The number of carbonyl (C=O) groups is 2. The van der Waals surface area contributed by atoms with Crippen LogP contribution < -0.4 is 10.6 Å². The molecule has 0 radical (unpaired) electrons.